The summed E-state index contributed by atoms with van der Waals surface area (Å²) in [6.45, 7) is -0.0308. The van der Waals surface area contributed by atoms with Crippen LogP contribution in [-0.4, -0.2) is 46.3 Å². The second-order valence-electron chi connectivity index (χ2n) is 8.87. The molecule has 38 heavy (non-hydrogen) atoms. The molecular formula is C28H20N4O5S. The highest BCUT2D eigenvalue weighted by molar-refractivity contribution is 7.90. The number of carbonyl (C=O) groups excluding carboxylic acids is 2. The number of carbonyl (C=O) groups is 2. The summed E-state index contributed by atoms with van der Waals surface area (Å²) in [4.78, 5) is 39.7. The molecule has 5 aromatic rings. The number of ether oxygens (including phenoxy) is 1. The van der Waals surface area contributed by atoms with Crippen molar-refractivity contribution in [2.24, 2.45) is 0 Å². The molecule has 10 heteroatoms. The predicted octanol–water partition coefficient (Wildman–Crippen LogP) is 4.62. The molecule has 1 aliphatic heterocycles. The lowest BCUT2D eigenvalue weighted by Gasteiger charge is -2.17. The Morgan fingerprint density at radius 2 is 1.58 bits per heavy atom. The topological polar surface area (TPSA) is 122 Å². The number of nitrogens with zero attached hydrogens (tertiary/aromatic N) is 3. The van der Waals surface area contributed by atoms with E-state index in [1.165, 1.54) is 17.0 Å². The highest BCUT2D eigenvalue weighted by atomic mass is 32.2. The van der Waals surface area contributed by atoms with E-state index >= 15 is 0 Å². The number of pyridine rings is 1. The monoisotopic (exact) mass is 524 g/mol. The molecule has 1 N–H and O–H groups in total. The number of H-pyrrole nitrogens is 1. The summed E-state index contributed by atoms with van der Waals surface area (Å²) in [6, 6.07) is 21.7. The van der Waals surface area contributed by atoms with Crippen LogP contribution >= 0.6 is 0 Å². The van der Waals surface area contributed by atoms with E-state index in [-0.39, 0.29) is 23.3 Å². The lowest BCUT2D eigenvalue weighted by Crippen LogP contribution is -2.29. The summed E-state index contributed by atoms with van der Waals surface area (Å²) < 4.78 is 29.8. The minimum atomic E-state index is -3.36. The average molecular weight is 525 g/mol. The fraction of sp³-hybridized carbons (Fsp3) is 0.0714. The number of hydrogen-bond donors (Lipinski definition) is 1. The number of nitrogens with one attached hydrogen (secondary N) is 1. The van der Waals surface area contributed by atoms with Gasteiger partial charge in [0.15, 0.2) is 15.7 Å². The third kappa shape index (κ3) is 4.20. The van der Waals surface area contributed by atoms with Crippen molar-refractivity contribution < 1.29 is 22.7 Å². The molecule has 0 saturated heterocycles. The van der Waals surface area contributed by atoms with Crippen LogP contribution in [0.3, 0.4) is 0 Å². The summed E-state index contributed by atoms with van der Waals surface area (Å²) in [5, 5.41) is 0. The third-order valence-electron chi connectivity index (χ3n) is 6.26. The minimum Gasteiger partial charge on any atom is -0.457 e. The number of aromatic amines is 1. The Labute approximate surface area is 217 Å². The van der Waals surface area contributed by atoms with E-state index in [0.29, 0.717) is 50.7 Å². The number of rotatable bonds is 6. The number of sulfone groups is 1. The lowest BCUT2D eigenvalue weighted by atomic mass is 10.1. The van der Waals surface area contributed by atoms with Gasteiger partial charge in [-0.1, -0.05) is 18.2 Å². The van der Waals surface area contributed by atoms with Gasteiger partial charge in [0.25, 0.3) is 11.8 Å². The summed E-state index contributed by atoms with van der Waals surface area (Å²) in [5.74, 6) is 0.559. The number of fused-ring (bicyclic) bond motifs is 2. The van der Waals surface area contributed by atoms with Crippen LogP contribution in [0.4, 0.5) is 0 Å². The Morgan fingerprint density at radius 1 is 0.895 bits per heavy atom. The van der Waals surface area contributed by atoms with E-state index in [2.05, 4.69) is 15.0 Å². The minimum absolute atomic E-state index is 0.0308. The molecule has 3 aromatic carbocycles. The average Bonchev–Trinajstić information content (AvgIpc) is 3.43. The van der Waals surface area contributed by atoms with E-state index in [4.69, 9.17) is 4.74 Å². The Balaban J connectivity index is 1.41. The van der Waals surface area contributed by atoms with Crippen molar-refractivity contribution in [1.82, 2.24) is 19.9 Å². The zero-order valence-corrected chi connectivity index (χ0v) is 20.9. The van der Waals surface area contributed by atoms with Crippen molar-refractivity contribution >= 4 is 32.7 Å². The molecule has 0 saturated carbocycles. The first-order valence-corrected chi connectivity index (χ1v) is 13.5. The van der Waals surface area contributed by atoms with Gasteiger partial charge in [0.1, 0.15) is 17.2 Å². The van der Waals surface area contributed by atoms with Crippen molar-refractivity contribution in [3.05, 3.63) is 102 Å². The Bertz CT molecular complexity index is 1800. The molecule has 2 aromatic heterocycles. The van der Waals surface area contributed by atoms with Gasteiger partial charge in [0.05, 0.1) is 33.6 Å². The molecule has 0 bridgehead atoms. The molecule has 0 fully saturated rings. The van der Waals surface area contributed by atoms with E-state index in [1.54, 1.807) is 54.7 Å². The van der Waals surface area contributed by atoms with Gasteiger partial charge >= 0.3 is 0 Å². The number of aromatic nitrogens is 3. The fourth-order valence-corrected chi connectivity index (χ4v) is 4.99. The molecule has 1 aliphatic rings. The van der Waals surface area contributed by atoms with Crippen molar-refractivity contribution in [2.45, 2.75) is 11.4 Å². The first-order valence-electron chi connectivity index (χ1n) is 11.7. The van der Waals surface area contributed by atoms with Crippen molar-refractivity contribution in [3.8, 4) is 23.0 Å². The molecule has 0 unspecified atom stereocenters. The van der Waals surface area contributed by atoms with Gasteiger partial charge in [0.2, 0.25) is 0 Å². The Hall–Kier alpha value is -4.83. The van der Waals surface area contributed by atoms with Crippen molar-refractivity contribution in [3.63, 3.8) is 0 Å². The van der Waals surface area contributed by atoms with Crippen LogP contribution in [0.1, 0.15) is 26.3 Å². The zero-order chi connectivity index (χ0) is 26.4. The molecule has 0 spiro atoms. The second kappa shape index (κ2) is 8.93. The van der Waals surface area contributed by atoms with Gasteiger partial charge in [-0.15, -0.1) is 0 Å². The molecular weight excluding hydrogens is 504 g/mol. The number of benzene rings is 3. The molecule has 0 atom stereocenters. The van der Waals surface area contributed by atoms with Crippen LogP contribution in [0, 0.1) is 0 Å². The maximum atomic E-state index is 13.0. The largest absolute Gasteiger partial charge is 0.457 e. The van der Waals surface area contributed by atoms with Crippen LogP contribution in [0.5, 0.6) is 11.5 Å². The quantitative estimate of drug-likeness (QED) is 0.322. The Morgan fingerprint density at radius 3 is 2.21 bits per heavy atom. The van der Waals surface area contributed by atoms with Crippen LogP contribution in [-0.2, 0) is 16.4 Å². The van der Waals surface area contributed by atoms with Gasteiger partial charge in [-0.25, -0.2) is 13.4 Å². The zero-order valence-electron chi connectivity index (χ0n) is 20.1. The van der Waals surface area contributed by atoms with Crippen LogP contribution in [0.2, 0.25) is 0 Å². The maximum Gasteiger partial charge on any atom is 0.261 e. The molecule has 9 nitrogen and oxygen atoms in total. The summed E-state index contributed by atoms with van der Waals surface area (Å²) >= 11 is 0. The van der Waals surface area contributed by atoms with Crippen LogP contribution in [0.25, 0.3) is 22.6 Å². The number of hydrogen-bond acceptors (Lipinski definition) is 7. The molecule has 6 rings (SSSR count). The first-order chi connectivity index (χ1) is 18.3. The second-order valence-corrected chi connectivity index (χ2v) is 10.9. The molecule has 188 valence electrons. The summed E-state index contributed by atoms with van der Waals surface area (Å²) in [5.41, 5.74) is 3.21. The van der Waals surface area contributed by atoms with Gasteiger partial charge < -0.3 is 9.72 Å². The molecule has 2 amide bonds. The van der Waals surface area contributed by atoms with Crippen molar-refractivity contribution in [1.29, 1.82) is 0 Å². The van der Waals surface area contributed by atoms with E-state index in [1.807, 2.05) is 18.2 Å². The van der Waals surface area contributed by atoms with Gasteiger partial charge in [-0.05, 0) is 54.6 Å². The summed E-state index contributed by atoms with van der Waals surface area (Å²) in [7, 11) is -3.36. The van der Waals surface area contributed by atoms with Gasteiger partial charge in [-0.3, -0.25) is 19.5 Å². The number of imide groups is 1. The van der Waals surface area contributed by atoms with Crippen LogP contribution in [0.15, 0.2) is 90.0 Å². The van der Waals surface area contributed by atoms with Crippen LogP contribution < -0.4 is 4.74 Å². The van der Waals surface area contributed by atoms with Crippen molar-refractivity contribution in [2.75, 3.05) is 6.26 Å². The highest BCUT2D eigenvalue weighted by Crippen LogP contribution is 2.34. The lowest BCUT2D eigenvalue weighted by molar-refractivity contribution is 0.0641. The van der Waals surface area contributed by atoms with E-state index < -0.39 is 9.84 Å². The van der Waals surface area contributed by atoms with Gasteiger partial charge in [0, 0.05) is 24.1 Å². The van der Waals surface area contributed by atoms with E-state index in [0.717, 1.165) is 6.26 Å². The first kappa shape index (κ1) is 23.6. The third-order valence-corrected chi connectivity index (χ3v) is 7.39. The summed E-state index contributed by atoms with van der Waals surface area (Å²) in [6.07, 6.45) is 2.80. The molecule has 3 heterocycles. The maximum absolute atomic E-state index is 13.0. The SMILES string of the molecule is CS(=O)(=O)c1ccc(Oc2cc3nc(-c4ccccn4)[nH]c3cc2CN2C(=O)c3ccccc3C2=O)cc1. The highest BCUT2D eigenvalue weighted by Gasteiger charge is 2.35. The van der Waals surface area contributed by atoms with E-state index in [9.17, 15) is 18.0 Å². The molecule has 0 radical (unpaired) electrons. The number of amides is 2. The Kier molecular flexibility index (Phi) is 5.54. The normalized spacial score (nSPS) is 13.2. The number of imidazole rings is 1. The van der Waals surface area contributed by atoms with Gasteiger partial charge in [-0.2, -0.15) is 0 Å². The predicted molar refractivity (Wildman–Crippen MR) is 140 cm³/mol. The standard InChI is InChI=1S/C28H20N4O5S/c1-38(35,36)19-11-9-18(10-12-19)37-25-15-24-23(30-26(31-24)22-8-4-5-13-29-22)14-17(25)16-32-27(33)20-6-2-3-7-21(20)28(32)34/h2-15H,16H2,1H3,(H,30,31). The molecule has 0 aliphatic carbocycles. The fourth-order valence-electron chi connectivity index (χ4n) is 4.36. The smallest absolute Gasteiger partial charge is 0.261 e.